The Balaban J connectivity index is 0.995. The highest BCUT2D eigenvalue weighted by Gasteiger charge is 2.25. The Morgan fingerprint density at radius 1 is 0.369 bits per heavy atom. The molecule has 0 saturated carbocycles. The number of para-hydroxylation sites is 5. The SMILES string of the molecule is c1cc(-c2ccc(N(c3ccc(-c4cccc5c4oc4ccccc45)cc3)c3cccc4sc5ccccc5c34)c3c2oc2ccccc23)cc(-n2c3ccccc3c3ccccc32)c1. The van der Waals surface area contributed by atoms with E-state index in [0.717, 1.165) is 88.9 Å². The van der Waals surface area contributed by atoms with E-state index in [-0.39, 0.29) is 0 Å². The molecule has 0 aliphatic carbocycles. The van der Waals surface area contributed by atoms with Gasteiger partial charge in [0, 0.05) is 69.6 Å². The molecular weight excluding hydrogens is 813 g/mol. The molecule has 0 saturated heterocycles. The Morgan fingerprint density at radius 2 is 0.954 bits per heavy atom. The number of anilines is 3. The van der Waals surface area contributed by atoms with Crippen molar-refractivity contribution in [3.05, 3.63) is 218 Å². The van der Waals surface area contributed by atoms with Crippen molar-refractivity contribution in [3.63, 3.8) is 0 Å². The average Bonchev–Trinajstić information content (AvgIpc) is 4.14. The predicted octanol–water partition coefficient (Wildman–Crippen LogP) is 17.8. The van der Waals surface area contributed by atoms with Gasteiger partial charge in [0.25, 0.3) is 0 Å². The minimum absolute atomic E-state index is 0.850. The maximum absolute atomic E-state index is 7.02. The van der Waals surface area contributed by atoms with Crippen LogP contribution in [0.3, 0.4) is 0 Å². The van der Waals surface area contributed by atoms with Gasteiger partial charge in [-0.3, -0.25) is 0 Å². The van der Waals surface area contributed by atoms with Crippen LogP contribution in [0.4, 0.5) is 17.1 Å². The molecule has 0 N–H and O–H groups in total. The van der Waals surface area contributed by atoms with Crippen molar-refractivity contribution in [2.75, 3.05) is 4.90 Å². The molecule has 0 spiro atoms. The lowest BCUT2D eigenvalue weighted by Crippen LogP contribution is -2.11. The molecule has 5 heteroatoms. The quantitative estimate of drug-likeness (QED) is 0.167. The monoisotopic (exact) mass is 848 g/mol. The fourth-order valence-electron chi connectivity index (χ4n) is 10.4. The van der Waals surface area contributed by atoms with Crippen LogP contribution in [0.25, 0.3) is 114 Å². The molecule has 0 atom stereocenters. The van der Waals surface area contributed by atoms with E-state index in [2.05, 4.69) is 216 Å². The maximum Gasteiger partial charge on any atom is 0.145 e. The van der Waals surface area contributed by atoms with Crippen LogP contribution in [0.2, 0.25) is 0 Å². The summed E-state index contributed by atoms with van der Waals surface area (Å²) in [6.45, 7) is 0. The summed E-state index contributed by atoms with van der Waals surface area (Å²) in [6, 6.07) is 78.4. The molecular formula is C60H36N2O2S. The first-order valence-electron chi connectivity index (χ1n) is 22.0. The van der Waals surface area contributed by atoms with Gasteiger partial charge in [-0.1, -0.05) is 140 Å². The van der Waals surface area contributed by atoms with Crippen LogP contribution in [0.5, 0.6) is 0 Å². The molecule has 14 aromatic rings. The predicted molar refractivity (Wildman–Crippen MR) is 274 cm³/mol. The number of thiophene rings is 1. The lowest BCUT2D eigenvalue weighted by molar-refractivity contribution is 0.669. The van der Waals surface area contributed by atoms with Crippen molar-refractivity contribution in [3.8, 4) is 27.9 Å². The lowest BCUT2D eigenvalue weighted by Gasteiger charge is -2.28. The minimum Gasteiger partial charge on any atom is -0.455 e. The number of fused-ring (bicyclic) bond motifs is 12. The highest BCUT2D eigenvalue weighted by atomic mass is 32.1. The fraction of sp³-hybridized carbons (Fsp3) is 0. The maximum atomic E-state index is 7.02. The van der Waals surface area contributed by atoms with Crippen LogP contribution in [0, 0.1) is 0 Å². The summed E-state index contributed by atoms with van der Waals surface area (Å²) >= 11 is 1.84. The van der Waals surface area contributed by atoms with Gasteiger partial charge in [-0.15, -0.1) is 11.3 Å². The van der Waals surface area contributed by atoms with E-state index in [1.807, 2.05) is 23.5 Å². The van der Waals surface area contributed by atoms with Crippen LogP contribution < -0.4 is 4.90 Å². The summed E-state index contributed by atoms with van der Waals surface area (Å²) < 4.78 is 18.4. The van der Waals surface area contributed by atoms with Crippen molar-refractivity contribution >= 4 is 114 Å². The first kappa shape index (κ1) is 36.1. The summed E-state index contributed by atoms with van der Waals surface area (Å²) in [6.07, 6.45) is 0. The largest absolute Gasteiger partial charge is 0.455 e. The van der Waals surface area contributed by atoms with Gasteiger partial charge in [0.15, 0.2) is 0 Å². The molecule has 4 heterocycles. The second-order valence-corrected chi connectivity index (χ2v) is 17.8. The van der Waals surface area contributed by atoms with Crippen LogP contribution in [0.15, 0.2) is 227 Å². The van der Waals surface area contributed by atoms with E-state index >= 15 is 0 Å². The second-order valence-electron chi connectivity index (χ2n) is 16.8. The van der Waals surface area contributed by atoms with Crippen LogP contribution in [-0.4, -0.2) is 4.57 Å². The Labute approximate surface area is 377 Å². The van der Waals surface area contributed by atoms with E-state index in [4.69, 9.17) is 8.83 Å². The fourth-order valence-corrected chi connectivity index (χ4v) is 11.5. The summed E-state index contributed by atoms with van der Waals surface area (Å²) in [5, 5.41) is 9.33. The first-order valence-corrected chi connectivity index (χ1v) is 22.8. The van der Waals surface area contributed by atoms with Crippen molar-refractivity contribution in [1.82, 2.24) is 4.57 Å². The lowest BCUT2D eigenvalue weighted by atomic mass is 9.98. The molecule has 304 valence electrons. The van der Waals surface area contributed by atoms with Gasteiger partial charge in [0.2, 0.25) is 0 Å². The highest BCUT2D eigenvalue weighted by molar-refractivity contribution is 7.26. The molecule has 0 bridgehead atoms. The Bertz CT molecular complexity index is 4150. The Hall–Kier alpha value is -8.38. The van der Waals surface area contributed by atoms with Gasteiger partial charge in [-0.2, -0.15) is 0 Å². The van der Waals surface area contributed by atoms with Gasteiger partial charge in [-0.05, 0) is 90.0 Å². The van der Waals surface area contributed by atoms with Crippen molar-refractivity contribution < 1.29 is 8.83 Å². The molecule has 4 aromatic heterocycles. The molecule has 0 radical (unpaired) electrons. The minimum atomic E-state index is 0.850. The third kappa shape index (κ3) is 5.43. The molecule has 0 amide bonds. The number of hydrogen-bond donors (Lipinski definition) is 0. The number of aromatic nitrogens is 1. The van der Waals surface area contributed by atoms with E-state index in [1.54, 1.807) is 0 Å². The zero-order valence-corrected chi connectivity index (χ0v) is 35.7. The van der Waals surface area contributed by atoms with Crippen molar-refractivity contribution in [1.29, 1.82) is 0 Å². The second kappa shape index (κ2) is 14.1. The van der Waals surface area contributed by atoms with Crippen LogP contribution in [0.1, 0.15) is 0 Å². The van der Waals surface area contributed by atoms with E-state index in [0.29, 0.717) is 0 Å². The van der Waals surface area contributed by atoms with Gasteiger partial charge < -0.3 is 18.3 Å². The standard InChI is InChI=1S/C60H36N2O2S/c1-6-23-49-43(16-1)44-17-2-7-24-50(44)62(49)40-15-11-14-38(36-40)42-34-35-52(58-47-19-4-9-27-54(47)64-60(42)58)61(51-25-13-29-56-57(51)48-20-5-10-28-55(48)65-56)39-32-30-37(31-33-39)41-21-12-22-46-45-18-3-8-26-53(45)63-59(41)46/h1-36H. The molecule has 0 unspecified atom stereocenters. The third-order valence-corrected chi connectivity index (χ3v) is 14.3. The van der Waals surface area contributed by atoms with Crippen LogP contribution in [-0.2, 0) is 0 Å². The average molecular weight is 849 g/mol. The van der Waals surface area contributed by atoms with Gasteiger partial charge in [-0.25, -0.2) is 0 Å². The summed E-state index contributed by atoms with van der Waals surface area (Å²) in [5.74, 6) is 0. The molecule has 10 aromatic carbocycles. The van der Waals surface area contributed by atoms with Crippen molar-refractivity contribution in [2.45, 2.75) is 0 Å². The highest BCUT2D eigenvalue weighted by Crippen LogP contribution is 2.50. The number of nitrogens with zero attached hydrogens (tertiary/aromatic N) is 2. The third-order valence-electron chi connectivity index (χ3n) is 13.2. The van der Waals surface area contributed by atoms with Gasteiger partial charge >= 0.3 is 0 Å². The van der Waals surface area contributed by atoms with E-state index in [9.17, 15) is 0 Å². The number of hydrogen-bond acceptors (Lipinski definition) is 4. The molecule has 0 fully saturated rings. The number of benzene rings is 10. The van der Waals surface area contributed by atoms with Gasteiger partial charge in [0.1, 0.15) is 22.3 Å². The normalized spacial score (nSPS) is 12.0. The van der Waals surface area contributed by atoms with E-state index in [1.165, 1.54) is 42.0 Å². The zero-order chi connectivity index (χ0) is 42.6. The first-order chi connectivity index (χ1) is 32.2. The topological polar surface area (TPSA) is 34.5 Å². The summed E-state index contributed by atoms with van der Waals surface area (Å²) in [5.41, 5.74) is 14.4. The summed E-state index contributed by atoms with van der Waals surface area (Å²) in [4.78, 5) is 2.44. The van der Waals surface area contributed by atoms with Crippen LogP contribution >= 0.6 is 11.3 Å². The molecule has 14 rings (SSSR count). The zero-order valence-electron chi connectivity index (χ0n) is 34.9. The number of rotatable bonds is 6. The van der Waals surface area contributed by atoms with Gasteiger partial charge in [0.05, 0.1) is 27.8 Å². The molecule has 65 heavy (non-hydrogen) atoms. The summed E-state index contributed by atoms with van der Waals surface area (Å²) in [7, 11) is 0. The molecule has 4 nitrogen and oxygen atoms in total. The van der Waals surface area contributed by atoms with E-state index < -0.39 is 0 Å². The smallest absolute Gasteiger partial charge is 0.145 e. The molecule has 0 aliphatic heterocycles. The number of furan rings is 2. The molecule has 0 aliphatic rings. The Kier molecular flexibility index (Phi) is 7.82. The Morgan fingerprint density at radius 3 is 1.75 bits per heavy atom. The van der Waals surface area contributed by atoms with Crippen molar-refractivity contribution in [2.24, 2.45) is 0 Å².